The number of hydrogen-bond acceptors (Lipinski definition) is 2. The molecule has 0 bridgehead atoms. The third-order valence-electron chi connectivity index (χ3n) is 2.43. The number of aliphatic carboxylic acids is 1. The second kappa shape index (κ2) is 3.42. The lowest BCUT2D eigenvalue weighted by atomic mass is 10.1. The molecule has 0 aromatic rings. The molecule has 14 heavy (non-hydrogen) atoms. The predicted molar refractivity (Wildman–Crippen MR) is 42.8 cm³/mol. The molecule has 1 atom stereocenters. The minimum atomic E-state index is -4.68. The Bertz CT molecular complexity index is 235. The van der Waals surface area contributed by atoms with E-state index in [9.17, 15) is 18.0 Å². The first kappa shape index (κ1) is 11.3. The molecule has 1 saturated carbocycles. The van der Waals surface area contributed by atoms with Crippen LogP contribution in [0.15, 0.2) is 0 Å². The van der Waals surface area contributed by atoms with Gasteiger partial charge in [0.25, 0.3) is 0 Å². The predicted octanol–water partition coefficient (Wildman–Crippen LogP) is 1.39. The zero-order valence-corrected chi connectivity index (χ0v) is 7.69. The van der Waals surface area contributed by atoms with Gasteiger partial charge in [-0.3, -0.25) is 4.79 Å². The van der Waals surface area contributed by atoms with Crippen molar-refractivity contribution < 1.29 is 23.1 Å². The van der Waals surface area contributed by atoms with Crippen LogP contribution in [-0.2, 0) is 4.79 Å². The molecule has 1 aliphatic carbocycles. The standard InChI is InChI=1S/C8H12F3NO2/c1-7(2-3-7)12-4-5(6(13)14)8(9,10)11/h5,12H,2-4H2,1H3,(H,13,14). The van der Waals surface area contributed by atoms with Crippen LogP contribution in [0.2, 0.25) is 0 Å². The van der Waals surface area contributed by atoms with Crippen LogP contribution in [0.4, 0.5) is 13.2 Å². The van der Waals surface area contributed by atoms with Gasteiger partial charge in [0.05, 0.1) is 0 Å². The molecule has 1 fully saturated rings. The molecular formula is C8H12F3NO2. The molecule has 0 aromatic carbocycles. The Morgan fingerprint density at radius 3 is 2.36 bits per heavy atom. The number of nitrogens with one attached hydrogen (secondary N) is 1. The van der Waals surface area contributed by atoms with E-state index < -0.39 is 24.6 Å². The molecule has 0 radical (unpaired) electrons. The number of alkyl halides is 3. The molecule has 0 spiro atoms. The Hall–Kier alpha value is -0.780. The summed E-state index contributed by atoms with van der Waals surface area (Å²) < 4.78 is 36.4. The fourth-order valence-electron chi connectivity index (χ4n) is 1.06. The monoisotopic (exact) mass is 211 g/mol. The van der Waals surface area contributed by atoms with Crippen LogP contribution in [0.5, 0.6) is 0 Å². The smallest absolute Gasteiger partial charge is 0.403 e. The summed E-state index contributed by atoms with van der Waals surface area (Å²) in [5.41, 5.74) is -0.279. The van der Waals surface area contributed by atoms with Gasteiger partial charge in [0.15, 0.2) is 5.92 Å². The van der Waals surface area contributed by atoms with Gasteiger partial charge in [-0.15, -0.1) is 0 Å². The number of carboxylic acid groups (broad SMARTS) is 1. The van der Waals surface area contributed by atoms with Crippen LogP contribution in [0, 0.1) is 5.92 Å². The van der Waals surface area contributed by atoms with Crippen molar-refractivity contribution in [2.45, 2.75) is 31.5 Å². The molecule has 0 amide bonds. The maximum absolute atomic E-state index is 12.1. The summed E-state index contributed by atoms with van der Waals surface area (Å²) in [5, 5.41) is 11.0. The average Bonchev–Trinajstić information content (AvgIpc) is 2.64. The van der Waals surface area contributed by atoms with Gasteiger partial charge in [-0.05, 0) is 19.8 Å². The largest absolute Gasteiger partial charge is 0.481 e. The van der Waals surface area contributed by atoms with Crippen LogP contribution in [0.25, 0.3) is 0 Å². The summed E-state index contributed by atoms with van der Waals surface area (Å²) in [6.07, 6.45) is -3.07. The third-order valence-corrected chi connectivity index (χ3v) is 2.43. The minimum Gasteiger partial charge on any atom is -0.481 e. The number of hydrogen-bond donors (Lipinski definition) is 2. The van der Waals surface area contributed by atoms with E-state index >= 15 is 0 Å². The van der Waals surface area contributed by atoms with E-state index in [-0.39, 0.29) is 5.54 Å². The first-order valence-electron chi connectivity index (χ1n) is 4.29. The highest BCUT2D eigenvalue weighted by Crippen LogP contribution is 2.35. The zero-order chi connectivity index (χ0) is 11.0. The fraction of sp³-hybridized carbons (Fsp3) is 0.875. The second-order valence-corrected chi connectivity index (χ2v) is 3.87. The molecular weight excluding hydrogens is 199 g/mol. The highest BCUT2D eigenvalue weighted by atomic mass is 19.4. The maximum Gasteiger partial charge on any atom is 0.403 e. The van der Waals surface area contributed by atoms with E-state index in [1.807, 2.05) is 0 Å². The summed E-state index contributed by atoms with van der Waals surface area (Å²) in [6.45, 7) is 1.23. The highest BCUT2D eigenvalue weighted by molar-refractivity contribution is 5.71. The topological polar surface area (TPSA) is 49.3 Å². The molecule has 2 N–H and O–H groups in total. The van der Waals surface area contributed by atoms with Gasteiger partial charge in [-0.2, -0.15) is 13.2 Å². The normalized spacial score (nSPS) is 21.7. The molecule has 82 valence electrons. The highest BCUT2D eigenvalue weighted by Gasteiger charge is 2.47. The van der Waals surface area contributed by atoms with Crippen LogP contribution < -0.4 is 5.32 Å². The van der Waals surface area contributed by atoms with Crippen molar-refractivity contribution in [3.63, 3.8) is 0 Å². The van der Waals surface area contributed by atoms with Crippen LogP contribution in [0.3, 0.4) is 0 Å². The maximum atomic E-state index is 12.1. The van der Waals surface area contributed by atoms with Crippen LogP contribution in [-0.4, -0.2) is 29.3 Å². The number of halogens is 3. The fourth-order valence-corrected chi connectivity index (χ4v) is 1.06. The SMILES string of the molecule is CC1(NCC(C(=O)O)C(F)(F)F)CC1. The van der Waals surface area contributed by atoms with Crippen molar-refractivity contribution in [1.29, 1.82) is 0 Å². The van der Waals surface area contributed by atoms with Crippen molar-refractivity contribution in [2.24, 2.45) is 5.92 Å². The van der Waals surface area contributed by atoms with Gasteiger partial charge in [0, 0.05) is 12.1 Å². The van der Waals surface area contributed by atoms with Gasteiger partial charge in [-0.25, -0.2) is 0 Å². The third kappa shape index (κ3) is 2.87. The van der Waals surface area contributed by atoms with E-state index in [1.54, 1.807) is 6.92 Å². The quantitative estimate of drug-likeness (QED) is 0.738. The molecule has 0 aromatic heterocycles. The second-order valence-electron chi connectivity index (χ2n) is 3.87. The Kier molecular flexibility index (Phi) is 2.76. The molecule has 1 rings (SSSR count). The lowest BCUT2D eigenvalue weighted by Crippen LogP contribution is -2.42. The van der Waals surface area contributed by atoms with E-state index in [4.69, 9.17) is 5.11 Å². The molecule has 1 aliphatic rings. The lowest BCUT2D eigenvalue weighted by molar-refractivity contribution is -0.192. The van der Waals surface area contributed by atoms with E-state index in [2.05, 4.69) is 5.32 Å². The van der Waals surface area contributed by atoms with Crippen LogP contribution in [0.1, 0.15) is 19.8 Å². The number of carboxylic acids is 1. The van der Waals surface area contributed by atoms with Crippen molar-refractivity contribution in [1.82, 2.24) is 5.32 Å². The van der Waals surface area contributed by atoms with Crippen molar-refractivity contribution in [3.05, 3.63) is 0 Å². The number of carbonyl (C=O) groups is 1. The van der Waals surface area contributed by atoms with Gasteiger partial charge in [-0.1, -0.05) is 0 Å². The molecule has 1 unspecified atom stereocenters. The van der Waals surface area contributed by atoms with Gasteiger partial charge >= 0.3 is 12.1 Å². The van der Waals surface area contributed by atoms with Crippen molar-refractivity contribution in [3.8, 4) is 0 Å². The Morgan fingerprint density at radius 2 is 2.07 bits per heavy atom. The van der Waals surface area contributed by atoms with Gasteiger partial charge < -0.3 is 10.4 Å². The van der Waals surface area contributed by atoms with Gasteiger partial charge in [0.2, 0.25) is 0 Å². The molecule has 0 heterocycles. The van der Waals surface area contributed by atoms with Crippen LogP contribution >= 0.6 is 0 Å². The molecule has 0 saturated heterocycles. The zero-order valence-electron chi connectivity index (χ0n) is 7.69. The summed E-state index contributed by atoms with van der Waals surface area (Å²) in [4.78, 5) is 10.3. The van der Waals surface area contributed by atoms with Gasteiger partial charge in [0.1, 0.15) is 0 Å². The summed E-state index contributed by atoms with van der Waals surface area (Å²) in [6, 6.07) is 0. The average molecular weight is 211 g/mol. The van der Waals surface area contributed by atoms with Crippen molar-refractivity contribution >= 4 is 5.97 Å². The minimum absolute atomic E-state index is 0.279. The summed E-state index contributed by atoms with van der Waals surface area (Å²) in [5.74, 6) is -4.13. The lowest BCUT2D eigenvalue weighted by Gasteiger charge is -2.19. The Morgan fingerprint density at radius 1 is 1.57 bits per heavy atom. The van der Waals surface area contributed by atoms with E-state index in [0.717, 1.165) is 12.8 Å². The van der Waals surface area contributed by atoms with E-state index in [0.29, 0.717) is 0 Å². The molecule has 0 aliphatic heterocycles. The van der Waals surface area contributed by atoms with Crippen molar-refractivity contribution in [2.75, 3.05) is 6.54 Å². The first-order valence-corrected chi connectivity index (χ1v) is 4.29. The Balaban J connectivity index is 2.48. The molecule has 3 nitrogen and oxygen atoms in total. The number of rotatable bonds is 4. The first-order chi connectivity index (χ1) is 6.25. The van der Waals surface area contributed by atoms with E-state index in [1.165, 1.54) is 0 Å². The Labute approximate surface area is 79.3 Å². The molecule has 6 heteroatoms. The summed E-state index contributed by atoms with van der Waals surface area (Å²) >= 11 is 0. The summed E-state index contributed by atoms with van der Waals surface area (Å²) in [7, 11) is 0.